The van der Waals surface area contributed by atoms with Crippen LogP contribution in [0.2, 0.25) is 5.02 Å². The molecule has 1 aliphatic rings. The fourth-order valence-corrected chi connectivity index (χ4v) is 3.47. The van der Waals surface area contributed by atoms with E-state index < -0.39 is 0 Å². The second kappa shape index (κ2) is 4.86. The van der Waals surface area contributed by atoms with Crippen LogP contribution in [0.3, 0.4) is 0 Å². The minimum absolute atomic E-state index is 0.0322. The van der Waals surface area contributed by atoms with E-state index in [1.54, 1.807) is 13.3 Å². The number of rotatable bonds is 3. The molecule has 2 aromatic heterocycles. The Morgan fingerprint density at radius 1 is 1.50 bits per heavy atom. The Bertz CT molecular complexity index is 653. The summed E-state index contributed by atoms with van der Waals surface area (Å²) in [6.45, 7) is 4.41. The molecular formula is C14H17Cl2N3O. The van der Waals surface area contributed by atoms with Crippen LogP contribution in [0.5, 0.6) is 0 Å². The van der Waals surface area contributed by atoms with Gasteiger partial charge in [-0.3, -0.25) is 0 Å². The molecule has 2 atom stereocenters. The average molecular weight is 314 g/mol. The maximum Gasteiger partial charge on any atom is 0.160 e. The molecule has 0 amide bonds. The molecule has 0 radical (unpaired) electrons. The van der Waals surface area contributed by atoms with Gasteiger partial charge in [0, 0.05) is 24.8 Å². The van der Waals surface area contributed by atoms with E-state index in [-0.39, 0.29) is 11.5 Å². The molecule has 4 nitrogen and oxygen atoms in total. The van der Waals surface area contributed by atoms with Crippen LogP contribution in [0.15, 0.2) is 12.3 Å². The lowest BCUT2D eigenvalue weighted by molar-refractivity contribution is -0.112. The van der Waals surface area contributed by atoms with Crippen LogP contribution in [-0.4, -0.2) is 27.7 Å². The largest absolute Gasteiger partial charge is 0.381 e. The third kappa shape index (κ3) is 1.93. The molecule has 1 saturated carbocycles. The molecule has 2 unspecified atom stereocenters. The van der Waals surface area contributed by atoms with E-state index in [0.29, 0.717) is 16.9 Å². The Kier molecular flexibility index (Phi) is 3.43. The summed E-state index contributed by atoms with van der Waals surface area (Å²) in [7, 11) is 1.76. The fourth-order valence-electron chi connectivity index (χ4n) is 3.13. The van der Waals surface area contributed by atoms with Crippen LogP contribution in [0.25, 0.3) is 11.2 Å². The molecule has 0 bridgehead atoms. The van der Waals surface area contributed by atoms with Gasteiger partial charge in [0.2, 0.25) is 0 Å². The third-order valence-electron chi connectivity index (χ3n) is 4.41. The summed E-state index contributed by atoms with van der Waals surface area (Å²) in [6, 6.07) is 2.12. The second-order valence-corrected chi connectivity index (χ2v) is 6.53. The van der Waals surface area contributed by atoms with Crippen molar-refractivity contribution in [2.75, 3.05) is 7.11 Å². The van der Waals surface area contributed by atoms with Gasteiger partial charge in [0.1, 0.15) is 11.3 Å². The van der Waals surface area contributed by atoms with Gasteiger partial charge in [-0.2, -0.15) is 0 Å². The molecule has 3 rings (SSSR count). The molecular weight excluding hydrogens is 297 g/mol. The van der Waals surface area contributed by atoms with E-state index in [1.165, 1.54) is 0 Å². The van der Waals surface area contributed by atoms with Gasteiger partial charge in [-0.25, -0.2) is 9.97 Å². The van der Waals surface area contributed by atoms with Crippen LogP contribution < -0.4 is 0 Å². The number of methoxy groups -OCH3 is 1. The smallest absolute Gasteiger partial charge is 0.160 e. The number of imidazole rings is 1. The molecule has 0 aliphatic heterocycles. The monoisotopic (exact) mass is 313 g/mol. The highest BCUT2D eigenvalue weighted by molar-refractivity contribution is 6.31. The number of pyridine rings is 1. The molecule has 0 spiro atoms. The van der Waals surface area contributed by atoms with Crippen LogP contribution in [-0.2, 0) is 10.6 Å². The van der Waals surface area contributed by atoms with Crippen LogP contribution in [0.1, 0.15) is 32.1 Å². The summed E-state index contributed by atoms with van der Waals surface area (Å²) < 4.78 is 7.67. The van der Waals surface area contributed by atoms with Crippen molar-refractivity contribution in [1.82, 2.24) is 14.5 Å². The molecule has 2 aromatic rings. The maximum atomic E-state index is 6.06. The van der Waals surface area contributed by atoms with Crippen molar-refractivity contribution < 1.29 is 4.74 Å². The molecule has 2 heterocycles. The number of alkyl halides is 1. The lowest BCUT2D eigenvalue weighted by Crippen LogP contribution is -2.51. The Labute approximate surface area is 128 Å². The van der Waals surface area contributed by atoms with Gasteiger partial charge in [0.25, 0.3) is 0 Å². The van der Waals surface area contributed by atoms with Gasteiger partial charge in [0.05, 0.1) is 17.0 Å². The van der Waals surface area contributed by atoms with Crippen LogP contribution >= 0.6 is 23.2 Å². The van der Waals surface area contributed by atoms with Crippen molar-refractivity contribution in [3.63, 3.8) is 0 Å². The minimum atomic E-state index is 0.0322. The fraction of sp³-hybridized carbons (Fsp3) is 0.571. The Morgan fingerprint density at radius 2 is 2.25 bits per heavy atom. The summed E-state index contributed by atoms with van der Waals surface area (Å²) >= 11 is 12.0. The lowest BCUT2D eigenvalue weighted by Gasteiger charge is -2.51. The zero-order valence-corrected chi connectivity index (χ0v) is 13.2. The number of halogens is 2. The van der Waals surface area contributed by atoms with E-state index in [1.807, 2.05) is 6.07 Å². The molecule has 1 aliphatic carbocycles. The molecule has 0 saturated heterocycles. The highest BCUT2D eigenvalue weighted by Crippen LogP contribution is 2.52. The Balaban J connectivity index is 2.12. The number of ether oxygens (including phenoxy) is 1. The summed E-state index contributed by atoms with van der Waals surface area (Å²) in [4.78, 5) is 8.99. The quantitative estimate of drug-likeness (QED) is 0.809. The van der Waals surface area contributed by atoms with Crippen molar-refractivity contribution in [3.05, 3.63) is 23.1 Å². The van der Waals surface area contributed by atoms with Crippen molar-refractivity contribution in [2.45, 2.75) is 38.3 Å². The molecule has 6 heteroatoms. The highest BCUT2D eigenvalue weighted by atomic mass is 35.5. The number of aromatic nitrogens is 3. The number of nitrogens with zero attached hydrogens (tertiary/aromatic N) is 3. The topological polar surface area (TPSA) is 39.9 Å². The zero-order chi connectivity index (χ0) is 14.5. The summed E-state index contributed by atoms with van der Waals surface area (Å²) in [6.07, 6.45) is 2.85. The van der Waals surface area contributed by atoms with Gasteiger partial charge in [-0.15, -0.1) is 11.6 Å². The molecule has 1 fully saturated rings. The van der Waals surface area contributed by atoms with Crippen LogP contribution in [0.4, 0.5) is 0 Å². The van der Waals surface area contributed by atoms with E-state index in [2.05, 4.69) is 28.4 Å². The van der Waals surface area contributed by atoms with Crippen molar-refractivity contribution >= 4 is 34.4 Å². The first-order chi connectivity index (χ1) is 9.48. The standard InChI is InChI=1S/C14H17Cl2N3O/c1-14(2)10(5-11(14)20-3)19-12(6-15)18-9-4-8(16)7-17-13(9)19/h4,7,10-11H,5-6H2,1-3H3. The maximum absolute atomic E-state index is 6.06. The van der Waals surface area contributed by atoms with Gasteiger partial charge >= 0.3 is 0 Å². The lowest BCUT2D eigenvalue weighted by atomic mass is 9.64. The SMILES string of the molecule is COC1CC(n2c(CCl)nc3cc(Cl)cnc32)C1(C)C. The second-order valence-electron chi connectivity index (χ2n) is 5.83. The first kappa shape index (κ1) is 14.1. The zero-order valence-electron chi connectivity index (χ0n) is 11.7. The number of fused-ring (bicyclic) bond motifs is 1. The van der Waals surface area contributed by atoms with E-state index in [9.17, 15) is 0 Å². The van der Waals surface area contributed by atoms with E-state index in [4.69, 9.17) is 27.9 Å². The molecule has 108 valence electrons. The van der Waals surface area contributed by atoms with Crippen molar-refractivity contribution in [1.29, 1.82) is 0 Å². The van der Waals surface area contributed by atoms with Gasteiger partial charge in [-0.1, -0.05) is 25.4 Å². The Hall–Kier alpha value is -0.840. The predicted octanol–water partition coefficient (Wildman–Crippen LogP) is 3.81. The predicted molar refractivity (Wildman–Crippen MR) is 80.3 cm³/mol. The summed E-state index contributed by atoms with van der Waals surface area (Å²) in [5.74, 6) is 1.20. The average Bonchev–Trinajstić information content (AvgIpc) is 2.75. The third-order valence-corrected chi connectivity index (χ3v) is 4.86. The number of hydrogen-bond acceptors (Lipinski definition) is 3. The first-order valence-electron chi connectivity index (χ1n) is 6.60. The molecule has 0 N–H and O–H groups in total. The van der Waals surface area contributed by atoms with Crippen molar-refractivity contribution in [3.8, 4) is 0 Å². The normalized spacial score (nSPS) is 24.9. The van der Waals surface area contributed by atoms with Gasteiger partial charge in [0.15, 0.2) is 5.65 Å². The molecule has 20 heavy (non-hydrogen) atoms. The van der Waals surface area contributed by atoms with Gasteiger partial charge < -0.3 is 9.30 Å². The van der Waals surface area contributed by atoms with Gasteiger partial charge in [-0.05, 0) is 12.5 Å². The first-order valence-corrected chi connectivity index (χ1v) is 7.51. The molecule has 0 aromatic carbocycles. The van der Waals surface area contributed by atoms with E-state index in [0.717, 1.165) is 23.4 Å². The minimum Gasteiger partial charge on any atom is -0.381 e. The highest BCUT2D eigenvalue weighted by Gasteiger charge is 2.50. The Morgan fingerprint density at radius 3 is 2.85 bits per heavy atom. The number of hydrogen-bond donors (Lipinski definition) is 0. The van der Waals surface area contributed by atoms with Crippen molar-refractivity contribution in [2.24, 2.45) is 5.41 Å². The summed E-state index contributed by atoms with van der Waals surface area (Å²) in [5.41, 5.74) is 1.67. The van der Waals surface area contributed by atoms with E-state index >= 15 is 0 Å². The summed E-state index contributed by atoms with van der Waals surface area (Å²) in [5, 5.41) is 0.589. The van der Waals surface area contributed by atoms with Crippen LogP contribution in [0, 0.1) is 5.41 Å².